The highest BCUT2D eigenvalue weighted by atomic mass is 79.9. The number of carbonyl (C=O) groups excluding carboxylic acids is 1. The Morgan fingerprint density at radius 2 is 2.25 bits per heavy atom. The molecule has 1 atom stereocenters. The third kappa shape index (κ3) is 4.05. The molecule has 1 aliphatic rings. The van der Waals surface area contributed by atoms with E-state index >= 15 is 0 Å². The van der Waals surface area contributed by atoms with Crippen LogP contribution in [0.4, 0.5) is 0 Å². The third-order valence-corrected chi connectivity index (χ3v) is 4.68. The van der Waals surface area contributed by atoms with Crippen LogP contribution in [-0.4, -0.2) is 40.0 Å². The van der Waals surface area contributed by atoms with Gasteiger partial charge in [-0.05, 0) is 38.0 Å². The molecule has 1 aliphatic heterocycles. The number of hydrogen-bond acceptors (Lipinski definition) is 4. The van der Waals surface area contributed by atoms with Crippen molar-refractivity contribution in [2.75, 3.05) is 13.1 Å². The van der Waals surface area contributed by atoms with Crippen molar-refractivity contribution < 1.29 is 9.53 Å². The van der Waals surface area contributed by atoms with Crippen LogP contribution in [-0.2, 0) is 0 Å². The lowest BCUT2D eigenvalue weighted by Gasteiger charge is -2.32. The number of nitrogens with zero attached hydrogens (tertiary/aromatic N) is 3. The number of carbonyl (C=O) groups is 1. The van der Waals surface area contributed by atoms with E-state index in [4.69, 9.17) is 16.3 Å². The number of aryl methyl sites for hydroxylation is 1. The molecule has 5 nitrogen and oxygen atoms in total. The maximum Gasteiger partial charge on any atom is 0.255 e. The Bertz CT molecular complexity index is 756. The normalized spacial score (nSPS) is 17.6. The summed E-state index contributed by atoms with van der Waals surface area (Å²) >= 11 is 9.56. The largest absolute Gasteiger partial charge is 0.472 e. The van der Waals surface area contributed by atoms with Gasteiger partial charge in [0.15, 0.2) is 0 Å². The number of hydrogen-bond donors (Lipinski definition) is 0. The third-order valence-electron chi connectivity index (χ3n) is 3.86. The van der Waals surface area contributed by atoms with E-state index in [1.54, 1.807) is 29.3 Å². The van der Waals surface area contributed by atoms with E-state index in [1.165, 1.54) is 0 Å². The summed E-state index contributed by atoms with van der Waals surface area (Å²) in [6.45, 7) is 3.04. The molecule has 0 saturated carbocycles. The van der Waals surface area contributed by atoms with Gasteiger partial charge < -0.3 is 9.64 Å². The molecule has 0 spiro atoms. The summed E-state index contributed by atoms with van der Waals surface area (Å²) in [6, 6.07) is 7.03. The zero-order valence-corrected chi connectivity index (χ0v) is 15.5. The molecule has 0 aliphatic carbocycles. The number of likely N-dealkylation sites (tertiary alicyclic amines) is 1. The van der Waals surface area contributed by atoms with Gasteiger partial charge in [-0.3, -0.25) is 4.79 Å². The van der Waals surface area contributed by atoms with Gasteiger partial charge in [0.25, 0.3) is 5.91 Å². The second-order valence-electron chi connectivity index (χ2n) is 5.70. The zero-order valence-electron chi connectivity index (χ0n) is 13.2. The molecule has 1 unspecified atom stereocenters. The number of halogens is 2. The Morgan fingerprint density at radius 3 is 3.04 bits per heavy atom. The fourth-order valence-electron chi connectivity index (χ4n) is 2.72. The highest BCUT2D eigenvalue weighted by Crippen LogP contribution is 2.24. The molecule has 0 bridgehead atoms. The Hall–Kier alpha value is -1.66. The first-order valence-electron chi connectivity index (χ1n) is 7.73. The van der Waals surface area contributed by atoms with E-state index in [-0.39, 0.29) is 12.0 Å². The van der Waals surface area contributed by atoms with Gasteiger partial charge in [-0.15, -0.1) is 0 Å². The number of ether oxygens (including phenoxy) is 1. The van der Waals surface area contributed by atoms with E-state index in [0.717, 1.165) is 17.3 Å². The molecule has 2 aromatic rings. The predicted octanol–water partition coefficient (Wildman–Crippen LogP) is 3.88. The van der Waals surface area contributed by atoms with Crippen molar-refractivity contribution in [1.82, 2.24) is 14.9 Å². The highest BCUT2D eigenvalue weighted by molar-refractivity contribution is 9.10. The Labute approximate surface area is 154 Å². The number of amides is 1. The fraction of sp³-hybridized carbons (Fsp3) is 0.353. The Balaban J connectivity index is 1.71. The first kappa shape index (κ1) is 17.2. The SMILES string of the molecule is Cc1nccc(OC2CCCN(C(=O)c3cc(Br)ccc3Cl)C2)n1. The lowest BCUT2D eigenvalue weighted by molar-refractivity contribution is 0.0527. The molecule has 0 N–H and O–H groups in total. The smallest absolute Gasteiger partial charge is 0.255 e. The van der Waals surface area contributed by atoms with E-state index in [9.17, 15) is 4.79 Å². The second kappa shape index (κ2) is 7.49. The Morgan fingerprint density at radius 1 is 1.42 bits per heavy atom. The summed E-state index contributed by atoms with van der Waals surface area (Å²) in [5.41, 5.74) is 0.504. The predicted molar refractivity (Wildman–Crippen MR) is 95.5 cm³/mol. The van der Waals surface area contributed by atoms with Crippen LogP contribution in [0.25, 0.3) is 0 Å². The van der Waals surface area contributed by atoms with E-state index in [0.29, 0.717) is 35.4 Å². The van der Waals surface area contributed by atoms with Gasteiger partial charge in [-0.1, -0.05) is 27.5 Å². The van der Waals surface area contributed by atoms with Gasteiger partial charge in [0.1, 0.15) is 11.9 Å². The molecule has 1 amide bonds. The van der Waals surface area contributed by atoms with Crippen molar-refractivity contribution in [2.45, 2.75) is 25.9 Å². The van der Waals surface area contributed by atoms with Crippen molar-refractivity contribution in [3.05, 3.63) is 51.3 Å². The minimum Gasteiger partial charge on any atom is -0.472 e. The lowest BCUT2D eigenvalue weighted by atomic mass is 10.1. The van der Waals surface area contributed by atoms with Crippen molar-refractivity contribution in [1.29, 1.82) is 0 Å². The molecule has 1 aromatic carbocycles. The summed E-state index contributed by atoms with van der Waals surface area (Å²) < 4.78 is 6.75. The van der Waals surface area contributed by atoms with Gasteiger partial charge in [-0.2, -0.15) is 4.98 Å². The van der Waals surface area contributed by atoms with Gasteiger partial charge in [0.05, 0.1) is 17.1 Å². The van der Waals surface area contributed by atoms with Crippen LogP contribution in [0.2, 0.25) is 5.02 Å². The van der Waals surface area contributed by atoms with E-state index in [1.807, 2.05) is 13.0 Å². The van der Waals surface area contributed by atoms with Crippen LogP contribution in [0.5, 0.6) is 5.88 Å². The molecule has 1 fully saturated rings. The monoisotopic (exact) mass is 409 g/mol. The molecule has 24 heavy (non-hydrogen) atoms. The van der Waals surface area contributed by atoms with Gasteiger partial charge in [0, 0.05) is 23.3 Å². The van der Waals surface area contributed by atoms with Crippen LogP contribution >= 0.6 is 27.5 Å². The quantitative estimate of drug-likeness (QED) is 0.770. The number of piperidine rings is 1. The number of rotatable bonds is 3. The number of aromatic nitrogens is 2. The summed E-state index contributed by atoms with van der Waals surface area (Å²) in [4.78, 5) is 22.9. The average molecular weight is 411 g/mol. The molecule has 126 valence electrons. The van der Waals surface area contributed by atoms with Gasteiger partial charge >= 0.3 is 0 Å². The summed E-state index contributed by atoms with van der Waals surface area (Å²) in [5, 5.41) is 0.456. The fourth-order valence-corrected chi connectivity index (χ4v) is 3.28. The van der Waals surface area contributed by atoms with Crippen LogP contribution in [0, 0.1) is 6.92 Å². The first-order chi connectivity index (χ1) is 11.5. The van der Waals surface area contributed by atoms with Crippen LogP contribution in [0.3, 0.4) is 0 Å². The maximum absolute atomic E-state index is 12.8. The molecule has 1 aromatic heterocycles. The number of benzene rings is 1. The maximum atomic E-state index is 12.8. The van der Waals surface area contributed by atoms with Gasteiger partial charge in [-0.25, -0.2) is 4.98 Å². The van der Waals surface area contributed by atoms with Crippen molar-refractivity contribution in [3.63, 3.8) is 0 Å². The van der Waals surface area contributed by atoms with Crippen LogP contribution in [0.15, 0.2) is 34.9 Å². The van der Waals surface area contributed by atoms with Crippen LogP contribution in [0.1, 0.15) is 29.0 Å². The minimum absolute atomic E-state index is 0.0755. The highest BCUT2D eigenvalue weighted by Gasteiger charge is 2.27. The standard InChI is InChI=1S/C17H17BrClN3O2/c1-11-20-7-6-16(21-11)24-13-3-2-8-22(10-13)17(23)14-9-12(18)4-5-15(14)19/h4-7,9,13H,2-3,8,10H2,1H3. The molecule has 7 heteroatoms. The van der Waals surface area contributed by atoms with Crippen molar-refractivity contribution in [2.24, 2.45) is 0 Å². The first-order valence-corrected chi connectivity index (χ1v) is 8.90. The van der Waals surface area contributed by atoms with Crippen molar-refractivity contribution in [3.8, 4) is 5.88 Å². The summed E-state index contributed by atoms with van der Waals surface area (Å²) in [7, 11) is 0. The summed E-state index contributed by atoms with van der Waals surface area (Å²) in [5.74, 6) is 1.13. The molecule has 0 radical (unpaired) electrons. The van der Waals surface area contributed by atoms with E-state index < -0.39 is 0 Å². The summed E-state index contributed by atoms with van der Waals surface area (Å²) in [6.07, 6.45) is 3.36. The minimum atomic E-state index is -0.0806. The molecule has 1 saturated heterocycles. The molecular formula is C17H17BrClN3O2. The van der Waals surface area contributed by atoms with E-state index in [2.05, 4.69) is 25.9 Å². The van der Waals surface area contributed by atoms with Crippen LogP contribution < -0.4 is 4.74 Å². The lowest BCUT2D eigenvalue weighted by Crippen LogP contribution is -2.44. The molecule has 2 heterocycles. The second-order valence-corrected chi connectivity index (χ2v) is 7.02. The zero-order chi connectivity index (χ0) is 17.1. The molecule has 3 rings (SSSR count). The molecular weight excluding hydrogens is 394 g/mol. The topological polar surface area (TPSA) is 55.3 Å². The Kier molecular flexibility index (Phi) is 5.36. The van der Waals surface area contributed by atoms with Crippen molar-refractivity contribution >= 4 is 33.4 Å². The van der Waals surface area contributed by atoms with Gasteiger partial charge in [0.2, 0.25) is 5.88 Å². The average Bonchev–Trinajstić information content (AvgIpc) is 2.57.